The van der Waals surface area contributed by atoms with E-state index in [0.29, 0.717) is 20.6 Å². The first-order valence-electron chi connectivity index (χ1n) is 6.69. The van der Waals surface area contributed by atoms with E-state index >= 15 is 0 Å². The quantitative estimate of drug-likeness (QED) is 0.792. The van der Waals surface area contributed by atoms with E-state index in [0.717, 1.165) is 0 Å². The van der Waals surface area contributed by atoms with Crippen molar-refractivity contribution >= 4 is 52.5 Å². The molecule has 0 unspecified atom stereocenters. The molecule has 0 radical (unpaired) electrons. The zero-order valence-corrected chi connectivity index (χ0v) is 14.4. The van der Waals surface area contributed by atoms with Crippen LogP contribution in [0.25, 0.3) is 0 Å². The highest BCUT2D eigenvalue weighted by molar-refractivity contribution is 8.00. The summed E-state index contributed by atoms with van der Waals surface area (Å²) in [7, 11) is 0. The van der Waals surface area contributed by atoms with E-state index in [4.69, 9.17) is 28.9 Å². The van der Waals surface area contributed by atoms with Crippen LogP contribution in [0.3, 0.4) is 0 Å². The summed E-state index contributed by atoms with van der Waals surface area (Å²) in [6, 6.07) is 14.0. The molecule has 0 saturated carbocycles. The first kappa shape index (κ1) is 17.7. The normalized spacial score (nSPS) is 10.3. The third-order valence-corrected chi connectivity index (χ3v) is 4.64. The average molecular weight is 369 g/mol. The molecule has 0 aliphatic heterocycles. The maximum Gasteiger partial charge on any atom is 0.237 e. The van der Waals surface area contributed by atoms with Crippen LogP contribution in [0, 0.1) is 0 Å². The molecule has 120 valence electrons. The molecule has 2 N–H and O–H groups in total. The summed E-state index contributed by atoms with van der Waals surface area (Å²) >= 11 is 13.3. The lowest BCUT2D eigenvalue weighted by molar-refractivity contribution is -0.121. The molecule has 2 rings (SSSR count). The molecule has 7 heteroatoms. The van der Waals surface area contributed by atoms with Crippen LogP contribution in [0.1, 0.15) is 0 Å². The number of nitrogens with zero attached hydrogens (tertiary/aromatic N) is 1. The molecular formula is C16H14Cl2N2O2S. The summed E-state index contributed by atoms with van der Waals surface area (Å²) in [5.74, 6) is -0.702. The van der Waals surface area contributed by atoms with Crippen molar-refractivity contribution in [3.63, 3.8) is 0 Å². The summed E-state index contributed by atoms with van der Waals surface area (Å²) in [5.41, 5.74) is 5.86. The van der Waals surface area contributed by atoms with E-state index < -0.39 is 5.91 Å². The number of amides is 2. The summed E-state index contributed by atoms with van der Waals surface area (Å²) in [6.45, 7) is -0.174. The highest BCUT2D eigenvalue weighted by Gasteiger charge is 2.18. The number of hydrogen-bond acceptors (Lipinski definition) is 3. The van der Waals surface area contributed by atoms with Gasteiger partial charge in [-0.25, -0.2) is 0 Å². The van der Waals surface area contributed by atoms with E-state index in [2.05, 4.69) is 0 Å². The van der Waals surface area contributed by atoms with Gasteiger partial charge in [-0.15, -0.1) is 11.8 Å². The SMILES string of the molecule is NC(=O)CN(C(=O)CSc1cc(Cl)ccc1Cl)c1ccccc1. The zero-order valence-electron chi connectivity index (χ0n) is 12.0. The van der Waals surface area contributed by atoms with Gasteiger partial charge in [-0.2, -0.15) is 0 Å². The van der Waals surface area contributed by atoms with Crippen molar-refractivity contribution in [1.29, 1.82) is 0 Å². The number of nitrogens with two attached hydrogens (primary N) is 1. The maximum atomic E-state index is 12.5. The second-order valence-corrected chi connectivity index (χ2v) is 6.51. The molecule has 2 amide bonds. The molecule has 0 atom stereocenters. The molecular weight excluding hydrogens is 355 g/mol. The Balaban J connectivity index is 2.12. The fraction of sp³-hybridized carbons (Fsp3) is 0.125. The van der Waals surface area contributed by atoms with Crippen LogP contribution < -0.4 is 10.6 Å². The number of primary amides is 1. The van der Waals surface area contributed by atoms with Gasteiger partial charge >= 0.3 is 0 Å². The second kappa shape index (κ2) is 8.24. The summed E-state index contributed by atoms with van der Waals surface area (Å²) in [4.78, 5) is 25.8. The van der Waals surface area contributed by atoms with E-state index in [1.54, 1.807) is 42.5 Å². The van der Waals surface area contributed by atoms with E-state index in [1.165, 1.54) is 16.7 Å². The first-order valence-corrected chi connectivity index (χ1v) is 8.43. The van der Waals surface area contributed by atoms with Crippen molar-refractivity contribution in [1.82, 2.24) is 0 Å². The number of carbonyl (C=O) groups excluding carboxylic acids is 2. The van der Waals surface area contributed by atoms with Crippen LogP contribution in [0.15, 0.2) is 53.4 Å². The third kappa shape index (κ3) is 5.16. The van der Waals surface area contributed by atoms with Gasteiger partial charge in [0.1, 0.15) is 6.54 Å². The average Bonchev–Trinajstić information content (AvgIpc) is 2.54. The van der Waals surface area contributed by atoms with Crippen molar-refractivity contribution in [2.45, 2.75) is 4.90 Å². The van der Waals surface area contributed by atoms with Crippen LogP contribution >= 0.6 is 35.0 Å². The molecule has 4 nitrogen and oxygen atoms in total. The van der Waals surface area contributed by atoms with Crippen LogP contribution in [0.2, 0.25) is 10.0 Å². The van der Waals surface area contributed by atoms with Crippen molar-refractivity contribution in [3.05, 3.63) is 58.6 Å². The molecule has 0 saturated heterocycles. The zero-order chi connectivity index (χ0) is 16.8. The van der Waals surface area contributed by atoms with Gasteiger partial charge in [-0.3, -0.25) is 9.59 Å². The monoisotopic (exact) mass is 368 g/mol. The lowest BCUT2D eigenvalue weighted by Gasteiger charge is -2.21. The number of halogens is 2. The largest absolute Gasteiger partial charge is 0.368 e. The Morgan fingerprint density at radius 1 is 1.09 bits per heavy atom. The van der Waals surface area contributed by atoms with Gasteiger partial charge in [0.25, 0.3) is 0 Å². The lowest BCUT2D eigenvalue weighted by atomic mass is 10.3. The Labute approximate surface area is 148 Å². The first-order chi connectivity index (χ1) is 11.0. The van der Waals surface area contributed by atoms with Gasteiger partial charge in [-0.05, 0) is 30.3 Å². The molecule has 0 spiro atoms. The molecule has 23 heavy (non-hydrogen) atoms. The maximum absolute atomic E-state index is 12.5. The topological polar surface area (TPSA) is 63.4 Å². The third-order valence-electron chi connectivity index (χ3n) is 2.93. The van der Waals surface area contributed by atoms with Crippen LogP contribution in [-0.4, -0.2) is 24.1 Å². The van der Waals surface area contributed by atoms with Gasteiger partial charge in [0.05, 0.1) is 10.8 Å². The predicted molar refractivity (Wildman–Crippen MR) is 95.2 cm³/mol. The fourth-order valence-corrected chi connectivity index (χ4v) is 3.26. The molecule has 0 heterocycles. The highest BCUT2D eigenvalue weighted by Crippen LogP contribution is 2.30. The molecule has 2 aromatic carbocycles. The number of carbonyl (C=O) groups is 2. The fourth-order valence-electron chi connectivity index (χ4n) is 1.89. The minimum Gasteiger partial charge on any atom is -0.368 e. The van der Waals surface area contributed by atoms with Crippen molar-refractivity contribution in [2.75, 3.05) is 17.2 Å². The predicted octanol–water partition coefficient (Wildman–Crippen LogP) is 3.60. The minimum absolute atomic E-state index is 0.113. The van der Waals surface area contributed by atoms with Crippen LogP contribution in [0.4, 0.5) is 5.69 Å². The van der Waals surface area contributed by atoms with E-state index in [1.807, 2.05) is 6.07 Å². The van der Waals surface area contributed by atoms with Gasteiger partial charge < -0.3 is 10.6 Å². The number of benzene rings is 2. The van der Waals surface area contributed by atoms with Crippen molar-refractivity contribution in [3.8, 4) is 0 Å². The van der Waals surface area contributed by atoms with Crippen molar-refractivity contribution in [2.24, 2.45) is 5.73 Å². The van der Waals surface area contributed by atoms with Gasteiger partial charge in [-0.1, -0.05) is 41.4 Å². The molecule has 0 bridgehead atoms. The smallest absolute Gasteiger partial charge is 0.237 e. The van der Waals surface area contributed by atoms with Crippen LogP contribution in [-0.2, 0) is 9.59 Å². The van der Waals surface area contributed by atoms with Gasteiger partial charge in [0, 0.05) is 15.6 Å². The standard InChI is InChI=1S/C16H14Cl2N2O2S/c17-11-6-7-13(18)14(8-11)23-10-16(22)20(9-15(19)21)12-4-2-1-3-5-12/h1-8H,9-10H2,(H2,19,21). The molecule has 0 aromatic heterocycles. The highest BCUT2D eigenvalue weighted by atomic mass is 35.5. The molecule has 0 aliphatic rings. The molecule has 0 aliphatic carbocycles. The second-order valence-electron chi connectivity index (χ2n) is 4.65. The van der Waals surface area contributed by atoms with Gasteiger partial charge in [0.15, 0.2) is 0 Å². The summed E-state index contributed by atoms with van der Waals surface area (Å²) < 4.78 is 0. The summed E-state index contributed by atoms with van der Waals surface area (Å²) in [6.07, 6.45) is 0. The summed E-state index contributed by atoms with van der Waals surface area (Å²) in [5, 5.41) is 1.06. The Kier molecular flexibility index (Phi) is 6.33. The number of anilines is 1. The van der Waals surface area contributed by atoms with Crippen molar-refractivity contribution < 1.29 is 9.59 Å². The number of para-hydroxylation sites is 1. The Hall–Kier alpha value is -1.69. The Morgan fingerprint density at radius 3 is 2.43 bits per heavy atom. The van der Waals surface area contributed by atoms with Crippen LogP contribution in [0.5, 0.6) is 0 Å². The van der Waals surface area contributed by atoms with E-state index in [-0.39, 0.29) is 18.2 Å². The number of thioether (sulfide) groups is 1. The van der Waals surface area contributed by atoms with Gasteiger partial charge in [0.2, 0.25) is 11.8 Å². The lowest BCUT2D eigenvalue weighted by Crippen LogP contribution is -2.39. The minimum atomic E-state index is -0.576. The number of hydrogen-bond donors (Lipinski definition) is 1. The Bertz CT molecular complexity index is 710. The molecule has 0 fully saturated rings. The molecule has 2 aromatic rings. The number of rotatable bonds is 6. The Morgan fingerprint density at radius 2 is 1.78 bits per heavy atom. The van der Waals surface area contributed by atoms with E-state index in [9.17, 15) is 9.59 Å².